The van der Waals surface area contributed by atoms with Crippen molar-refractivity contribution >= 4 is 11.6 Å². The maximum Gasteiger partial charge on any atom is 0.259 e. The van der Waals surface area contributed by atoms with E-state index < -0.39 is 28.9 Å². The smallest absolute Gasteiger partial charge is 0.259 e. The summed E-state index contributed by atoms with van der Waals surface area (Å²) in [5, 5.41) is 0. The van der Waals surface area contributed by atoms with E-state index in [9.17, 15) is 18.0 Å². The molecular formula is C15H13F3N2O. The Kier molecular flexibility index (Phi) is 4.16. The van der Waals surface area contributed by atoms with Crippen molar-refractivity contribution in [1.82, 2.24) is 4.90 Å². The molecule has 0 radical (unpaired) electrons. The number of halogens is 3. The fourth-order valence-corrected chi connectivity index (χ4v) is 1.94. The second-order valence-electron chi connectivity index (χ2n) is 4.60. The Bertz CT molecular complexity index is 665. The quantitative estimate of drug-likeness (QED) is 0.885. The van der Waals surface area contributed by atoms with E-state index in [1.807, 2.05) is 0 Å². The standard InChI is InChI=1S/C15H13F3N2O/c1-20(8-9-4-2-3-5-13(9)19)15(21)14-11(17)6-10(16)7-12(14)18/h2-7H,8,19H2,1H3. The third kappa shape index (κ3) is 3.16. The summed E-state index contributed by atoms with van der Waals surface area (Å²) in [6, 6.07) is 7.79. The molecule has 2 aromatic rings. The Hall–Kier alpha value is -2.50. The van der Waals surface area contributed by atoms with Crippen LogP contribution in [0.25, 0.3) is 0 Å². The molecule has 0 bridgehead atoms. The number of nitrogens with two attached hydrogens (primary N) is 1. The average Bonchev–Trinajstić information content (AvgIpc) is 2.40. The van der Waals surface area contributed by atoms with E-state index >= 15 is 0 Å². The molecule has 0 atom stereocenters. The van der Waals surface area contributed by atoms with Gasteiger partial charge in [0, 0.05) is 31.4 Å². The SMILES string of the molecule is CN(Cc1ccccc1N)C(=O)c1c(F)cc(F)cc1F. The zero-order valence-corrected chi connectivity index (χ0v) is 11.2. The number of carbonyl (C=O) groups is 1. The lowest BCUT2D eigenvalue weighted by atomic mass is 10.1. The van der Waals surface area contributed by atoms with Crippen LogP contribution in [0.3, 0.4) is 0 Å². The van der Waals surface area contributed by atoms with Crippen molar-refractivity contribution in [3.63, 3.8) is 0 Å². The molecule has 21 heavy (non-hydrogen) atoms. The Morgan fingerprint density at radius 2 is 1.71 bits per heavy atom. The molecule has 0 aliphatic rings. The van der Waals surface area contributed by atoms with Crippen molar-refractivity contribution in [2.24, 2.45) is 0 Å². The number of benzene rings is 2. The largest absolute Gasteiger partial charge is 0.398 e. The summed E-state index contributed by atoms with van der Waals surface area (Å²) < 4.78 is 40.0. The molecule has 0 spiro atoms. The van der Waals surface area contributed by atoms with Crippen molar-refractivity contribution in [3.8, 4) is 0 Å². The monoisotopic (exact) mass is 294 g/mol. The highest BCUT2D eigenvalue weighted by Crippen LogP contribution is 2.19. The summed E-state index contributed by atoms with van der Waals surface area (Å²) in [6.45, 7) is 0.0851. The van der Waals surface area contributed by atoms with E-state index in [1.54, 1.807) is 24.3 Å². The molecule has 1 amide bonds. The second kappa shape index (κ2) is 5.87. The zero-order valence-electron chi connectivity index (χ0n) is 11.2. The van der Waals surface area contributed by atoms with Crippen molar-refractivity contribution < 1.29 is 18.0 Å². The number of amides is 1. The Balaban J connectivity index is 2.26. The minimum absolute atomic E-state index is 0.0851. The molecule has 0 saturated carbocycles. The average molecular weight is 294 g/mol. The van der Waals surface area contributed by atoms with Crippen molar-refractivity contribution in [1.29, 1.82) is 0 Å². The number of rotatable bonds is 3. The maximum absolute atomic E-state index is 13.6. The van der Waals surface area contributed by atoms with Gasteiger partial charge in [-0.15, -0.1) is 0 Å². The molecule has 6 heteroatoms. The lowest BCUT2D eigenvalue weighted by Crippen LogP contribution is -2.28. The van der Waals surface area contributed by atoms with Crippen LogP contribution in [0, 0.1) is 17.5 Å². The fraction of sp³-hybridized carbons (Fsp3) is 0.133. The van der Waals surface area contributed by atoms with Gasteiger partial charge >= 0.3 is 0 Å². The molecule has 2 rings (SSSR count). The molecule has 0 aromatic heterocycles. The van der Waals surface area contributed by atoms with Crippen molar-refractivity contribution in [2.75, 3.05) is 12.8 Å². The first kappa shape index (κ1) is 14.9. The van der Waals surface area contributed by atoms with Crippen molar-refractivity contribution in [2.45, 2.75) is 6.54 Å². The highest BCUT2D eigenvalue weighted by molar-refractivity contribution is 5.94. The minimum atomic E-state index is -1.23. The van der Waals surface area contributed by atoms with Crippen molar-refractivity contribution in [3.05, 3.63) is 65.0 Å². The van der Waals surface area contributed by atoms with E-state index in [0.29, 0.717) is 23.4 Å². The number of anilines is 1. The van der Waals surface area contributed by atoms with Crippen LogP contribution in [0.15, 0.2) is 36.4 Å². The summed E-state index contributed by atoms with van der Waals surface area (Å²) >= 11 is 0. The van der Waals surface area contributed by atoms with Crippen LogP contribution in [-0.4, -0.2) is 17.9 Å². The lowest BCUT2D eigenvalue weighted by molar-refractivity contribution is 0.0775. The molecule has 0 aliphatic heterocycles. The molecule has 0 heterocycles. The van der Waals surface area contributed by atoms with E-state index in [0.717, 1.165) is 4.90 Å². The number of nitrogens with zero attached hydrogens (tertiary/aromatic N) is 1. The molecular weight excluding hydrogens is 281 g/mol. The van der Waals surface area contributed by atoms with Gasteiger partial charge in [-0.1, -0.05) is 18.2 Å². The number of carbonyl (C=O) groups excluding carboxylic acids is 1. The first-order valence-corrected chi connectivity index (χ1v) is 6.13. The van der Waals surface area contributed by atoms with Gasteiger partial charge in [0.1, 0.15) is 23.0 Å². The predicted octanol–water partition coefficient (Wildman–Crippen LogP) is 2.96. The Morgan fingerprint density at radius 1 is 1.14 bits per heavy atom. The van der Waals surface area contributed by atoms with Crippen LogP contribution in [0.4, 0.5) is 18.9 Å². The Labute approximate surface area is 119 Å². The minimum Gasteiger partial charge on any atom is -0.398 e. The first-order valence-electron chi connectivity index (χ1n) is 6.13. The summed E-state index contributed by atoms with van der Waals surface area (Å²) in [7, 11) is 1.39. The van der Waals surface area contributed by atoms with Gasteiger partial charge in [-0.05, 0) is 11.6 Å². The number of nitrogen functional groups attached to an aromatic ring is 1. The molecule has 2 aromatic carbocycles. The van der Waals surface area contributed by atoms with Gasteiger partial charge in [0.25, 0.3) is 5.91 Å². The molecule has 0 aliphatic carbocycles. The number of para-hydroxylation sites is 1. The maximum atomic E-state index is 13.6. The van der Waals surface area contributed by atoms with Gasteiger partial charge in [-0.25, -0.2) is 13.2 Å². The van der Waals surface area contributed by atoms with Gasteiger partial charge < -0.3 is 10.6 Å². The van der Waals surface area contributed by atoms with Gasteiger partial charge in [-0.3, -0.25) is 4.79 Å². The van der Waals surface area contributed by atoms with Crippen LogP contribution in [-0.2, 0) is 6.54 Å². The molecule has 110 valence electrons. The second-order valence-corrected chi connectivity index (χ2v) is 4.60. The summed E-state index contributed by atoms with van der Waals surface area (Å²) in [4.78, 5) is 13.2. The van der Waals surface area contributed by atoms with E-state index in [4.69, 9.17) is 5.73 Å². The van der Waals surface area contributed by atoms with E-state index in [1.165, 1.54) is 7.05 Å². The third-order valence-corrected chi connectivity index (χ3v) is 3.03. The summed E-state index contributed by atoms with van der Waals surface area (Å²) in [5.74, 6) is -4.42. The van der Waals surface area contributed by atoms with Gasteiger partial charge in [0.15, 0.2) is 0 Å². The number of hydrogen-bond donors (Lipinski definition) is 1. The topological polar surface area (TPSA) is 46.3 Å². The predicted molar refractivity (Wildman–Crippen MR) is 73.0 cm³/mol. The van der Waals surface area contributed by atoms with Crippen LogP contribution in [0.1, 0.15) is 15.9 Å². The van der Waals surface area contributed by atoms with Crippen LogP contribution in [0.2, 0.25) is 0 Å². The molecule has 3 nitrogen and oxygen atoms in total. The van der Waals surface area contributed by atoms with E-state index in [-0.39, 0.29) is 6.54 Å². The molecule has 0 unspecified atom stereocenters. The lowest BCUT2D eigenvalue weighted by Gasteiger charge is -2.19. The van der Waals surface area contributed by atoms with Crippen LogP contribution >= 0.6 is 0 Å². The van der Waals surface area contributed by atoms with E-state index in [2.05, 4.69) is 0 Å². The van der Waals surface area contributed by atoms with Gasteiger partial charge in [0.05, 0.1) is 0 Å². The normalized spacial score (nSPS) is 10.5. The molecule has 0 fully saturated rings. The van der Waals surface area contributed by atoms with Crippen LogP contribution < -0.4 is 5.73 Å². The fourth-order valence-electron chi connectivity index (χ4n) is 1.94. The molecule has 2 N–H and O–H groups in total. The summed E-state index contributed by atoms with van der Waals surface area (Å²) in [6.07, 6.45) is 0. The zero-order chi connectivity index (χ0) is 15.6. The number of hydrogen-bond acceptors (Lipinski definition) is 2. The highest BCUT2D eigenvalue weighted by Gasteiger charge is 2.22. The third-order valence-electron chi connectivity index (χ3n) is 3.03. The Morgan fingerprint density at radius 3 is 2.29 bits per heavy atom. The van der Waals surface area contributed by atoms with Gasteiger partial charge in [0.2, 0.25) is 0 Å². The van der Waals surface area contributed by atoms with Crippen LogP contribution in [0.5, 0.6) is 0 Å². The summed E-state index contributed by atoms with van der Waals surface area (Å²) in [5.41, 5.74) is 6.09. The highest BCUT2D eigenvalue weighted by atomic mass is 19.1. The molecule has 0 saturated heterocycles. The first-order chi connectivity index (χ1) is 9.90. The van der Waals surface area contributed by atoms with Gasteiger partial charge in [-0.2, -0.15) is 0 Å².